The van der Waals surface area contributed by atoms with Crippen molar-refractivity contribution in [1.82, 2.24) is 14.9 Å². The zero-order valence-electron chi connectivity index (χ0n) is 12.9. The first-order chi connectivity index (χ1) is 11.6. The van der Waals surface area contributed by atoms with E-state index in [1.54, 1.807) is 10.9 Å². The molecule has 0 fully saturated rings. The van der Waals surface area contributed by atoms with E-state index in [1.165, 1.54) is 0 Å². The molecule has 2 aromatic carbocycles. The van der Waals surface area contributed by atoms with Gasteiger partial charge in [0.15, 0.2) is 0 Å². The summed E-state index contributed by atoms with van der Waals surface area (Å²) in [5, 5.41) is 11.0. The number of nitrogens with zero attached hydrogens (tertiary/aromatic N) is 3. The Morgan fingerprint density at radius 3 is 2.54 bits per heavy atom. The van der Waals surface area contributed by atoms with Crippen LogP contribution in [0.4, 0.5) is 0 Å². The van der Waals surface area contributed by atoms with E-state index in [9.17, 15) is 0 Å². The maximum absolute atomic E-state index is 5.78. The van der Waals surface area contributed by atoms with Gasteiger partial charge in [0, 0.05) is 4.47 Å². The van der Waals surface area contributed by atoms with Crippen LogP contribution in [0.1, 0.15) is 17.0 Å². The zero-order chi connectivity index (χ0) is 16.9. The van der Waals surface area contributed by atoms with Gasteiger partial charge in [-0.2, -0.15) is 14.9 Å². The van der Waals surface area contributed by atoms with Crippen LogP contribution in [0.2, 0.25) is 0 Å². The largest absolute Gasteiger partial charge is 0.489 e. The standard InChI is InChI=1S/C17H15BrN4OS/c1-12-20-21-17(24)22(12)19-10-13-4-8-16(9-5-13)23-11-14-2-6-15(18)7-3-14/h2-10H,11H2,1H3,(H,21,24)/b19-10+. The highest BCUT2D eigenvalue weighted by Crippen LogP contribution is 2.15. The van der Waals surface area contributed by atoms with Crippen LogP contribution in [0, 0.1) is 11.7 Å². The molecule has 0 aliphatic heterocycles. The summed E-state index contributed by atoms with van der Waals surface area (Å²) in [6.45, 7) is 2.37. The summed E-state index contributed by atoms with van der Waals surface area (Å²) in [4.78, 5) is 0. The van der Waals surface area contributed by atoms with Crippen LogP contribution in [0.25, 0.3) is 0 Å². The molecule has 0 radical (unpaired) electrons. The first kappa shape index (κ1) is 16.6. The number of aryl methyl sites for hydroxylation is 1. The maximum Gasteiger partial charge on any atom is 0.216 e. The first-order valence-corrected chi connectivity index (χ1v) is 8.47. The third-order valence-electron chi connectivity index (χ3n) is 3.33. The van der Waals surface area contributed by atoms with Gasteiger partial charge < -0.3 is 4.74 Å². The SMILES string of the molecule is Cc1n[nH]c(=S)n1/N=C/c1ccc(OCc2ccc(Br)cc2)cc1. The molecular formula is C17H15BrN4OS. The number of benzene rings is 2. The highest BCUT2D eigenvalue weighted by Gasteiger charge is 1.99. The van der Waals surface area contributed by atoms with Crippen LogP contribution in [0.3, 0.4) is 0 Å². The summed E-state index contributed by atoms with van der Waals surface area (Å²) in [5.74, 6) is 1.52. The third kappa shape index (κ3) is 4.18. The molecule has 7 heteroatoms. The van der Waals surface area contributed by atoms with E-state index in [4.69, 9.17) is 17.0 Å². The van der Waals surface area contributed by atoms with E-state index in [0.717, 1.165) is 21.3 Å². The lowest BCUT2D eigenvalue weighted by atomic mass is 10.2. The molecule has 3 aromatic rings. The van der Waals surface area contributed by atoms with Gasteiger partial charge in [0.1, 0.15) is 18.2 Å². The number of H-pyrrole nitrogens is 1. The fraction of sp³-hybridized carbons (Fsp3) is 0.118. The third-order valence-corrected chi connectivity index (χ3v) is 4.13. The first-order valence-electron chi connectivity index (χ1n) is 7.27. The van der Waals surface area contributed by atoms with Crippen molar-refractivity contribution in [3.8, 4) is 5.75 Å². The number of aromatic amines is 1. The Morgan fingerprint density at radius 1 is 1.21 bits per heavy atom. The highest BCUT2D eigenvalue weighted by atomic mass is 79.9. The highest BCUT2D eigenvalue weighted by molar-refractivity contribution is 9.10. The fourth-order valence-electron chi connectivity index (χ4n) is 2.03. The average Bonchev–Trinajstić information content (AvgIpc) is 2.92. The Bertz CT molecular complexity index is 898. The number of hydrogen-bond donors (Lipinski definition) is 1. The van der Waals surface area contributed by atoms with Crippen molar-refractivity contribution >= 4 is 34.4 Å². The van der Waals surface area contributed by atoms with Gasteiger partial charge in [-0.15, -0.1) is 0 Å². The molecule has 1 N–H and O–H groups in total. The number of rotatable bonds is 5. The number of halogens is 1. The summed E-state index contributed by atoms with van der Waals surface area (Å²) < 4.78 is 8.88. The quantitative estimate of drug-likeness (QED) is 0.505. The zero-order valence-corrected chi connectivity index (χ0v) is 15.3. The van der Waals surface area contributed by atoms with E-state index >= 15 is 0 Å². The van der Waals surface area contributed by atoms with Crippen LogP contribution in [-0.2, 0) is 6.61 Å². The second kappa shape index (κ2) is 7.55. The van der Waals surface area contributed by atoms with Crippen molar-refractivity contribution in [1.29, 1.82) is 0 Å². The number of nitrogens with one attached hydrogen (secondary N) is 1. The predicted octanol–water partition coefficient (Wildman–Crippen LogP) is 4.47. The summed E-state index contributed by atoms with van der Waals surface area (Å²) in [7, 11) is 0. The summed E-state index contributed by atoms with van der Waals surface area (Å²) in [6, 6.07) is 15.8. The minimum absolute atomic E-state index is 0.471. The van der Waals surface area contributed by atoms with Crippen LogP contribution in [-0.4, -0.2) is 21.1 Å². The van der Waals surface area contributed by atoms with E-state index < -0.39 is 0 Å². The van der Waals surface area contributed by atoms with E-state index in [2.05, 4.69) is 31.2 Å². The number of aromatic nitrogens is 3. The smallest absolute Gasteiger partial charge is 0.216 e. The van der Waals surface area contributed by atoms with Crippen LogP contribution < -0.4 is 4.74 Å². The van der Waals surface area contributed by atoms with Crippen LogP contribution >= 0.6 is 28.1 Å². The Balaban J connectivity index is 1.63. The molecule has 122 valence electrons. The molecule has 0 bridgehead atoms. The lowest BCUT2D eigenvalue weighted by molar-refractivity contribution is 0.306. The molecule has 1 heterocycles. The van der Waals surface area contributed by atoms with Gasteiger partial charge in [0.25, 0.3) is 0 Å². The lowest BCUT2D eigenvalue weighted by Gasteiger charge is -2.06. The van der Waals surface area contributed by atoms with Gasteiger partial charge in [-0.1, -0.05) is 28.1 Å². The molecule has 1 aromatic heterocycles. The summed E-state index contributed by atoms with van der Waals surface area (Å²) in [5.41, 5.74) is 2.07. The van der Waals surface area contributed by atoms with Gasteiger partial charge in [-0.05, 0) is 66.7 Å². The maximum atomic E-state index is 5.78. The molecule has 0 unspecified atom stereocenters. The fourth-order valence-corrected chi connectivity index (χ4v) is 2.52. The van der Waals surface area contributed by atoms with Crippen molar-refractivity contribution in [3.05, 3.63) is 74.7 Å². The molecule has 0 aliphatic carbocycles. The topological polar surface area (TPSA) is 55.2 Å². The minimum Gasteiger partial charge on any atom is -0.489 e. The average molecular weight is 403 g/mol. The molecule has 5 nitrogen and oxygen atoms in total. The second-order valence-corrected chi connectivity index (χ2v) is 6.42. The lowest BCUT2D eigenvalue weighted by Crippen LogP contribution is -1.96. The summed E-state index contributed by atoms with van der Waals surface area (Å²) >= 11 is 8.53. The minimum atomic E-state index is 0.471. The molecule has 0 atom stereocenters. The van der Waals surface area contributed by atoms with Crippen molar-refractivity contribution < 1.29 is 4.74 Å². The molecule has 0 amide bonds. The Morgan fingerprint density at radius 2 is 1.92 bits per heavy atom. The molecule has 3 rings (SSSR count). The van der Waals surface area contributed by atoms with E-state index in [1.807, 2.05) is 55.5 Å². The Labute approximate surface area is 153 Å². The predicted molar refractivity (Wildman–Crippen MR) is 100 cm³/mol. The van der Waals surface area contributed by atoms with Gasteiger partial charge in [0.2, 0.25) is 4.77 Å². The van der Waals surface area contributed by atoms with Crippen molar-refractivity contribution in [2.45, 2.75) is 13.5 Å². The van der Waals surface area contributed by atoms with E-state index in [0.29, 0.717) is 17.2 Å². The van der Waals surface area contributed by atoms with Gasteiger partial charge in [-0.25, -0.2) is 0 Å². The molecule has 0 saturated carbocycles. The van der Waals surface area contributed by atoms with E-state index in [-0.39, 0.29) is 0 Å². The summed E-state index contributed by atoms with van der Waals surface area (Å²) in [6.07, 6.45) is 1.73. The molecule has 0 saturated heterocycles. The molecule has 24 heavy (non-hydrogen) atoms. The number of hydrogen-bond acceptors (Lipinski definition) is 4. The van der Waals surface area contributed by atoms with Gasteiger partial charge >= 0.3 is 0 Å². The molecule has 0 aliphatic rings. The monoisotopic (exact) mass is 402 g/mol. The van der Waals surface area contributed by atoms with Crippen molar-refractivity contribution in [2.24, 2.45) is 5.10 Å². The Hall–Kier alpha value is -2.25. The normalized spacial score (nSPS) is 11.1. The van der Waals surface area contributed by atoms with Gasteiger partial charge in [-0.3, -0.25) is 5.10 Å². The number of ether oxygens (including phenoxy) is 1. The van der Waals surface area contributed by atoms with Crippen LogP contribution in [0.5, 0.6) is 5.75 Å². The Kier molecular flexibility index (Phi) is 5.22. The van der Waals surface area contributed by atoms with Crippen molar-refractivity contribution in [3.63, 3.8) is 0 Å². The molecule has 0 spiro atoms. The van der Waals surface area contributed by atoms with Crippen molar-refractivity contribution in [2.75, 3.05) is 0 Å². The second-order valence-electron chi connectivity index (χ2n) is 5.12. The molecular weight excluding hydrogens is 388 g/mol. The van der Waals surface area contributed by atoms with Crippen LogP contribution in [0.15, 0.2) is 58.1 Å². The van der Waals surface area contributed by atoms with Gasteiger partial charge in [0.05, 0.1) is 6.21 Å².